The summed E-state index contributed by atoms with van der Waals surface area (Å²) in [6, 6.07) is 3.96. The molecule has 2 heterocycles. The molecule has 0 amide bonds. The fourth-order valence-electron chi connectivity index (χ4n) is 1.19. The third-order valence-corrected chi connectivity index (χ3v) is 2.96. The number of aromatic nitrogens is 2. The van der Waals surface area contributed by atoms with Gasteiger partial charge < -0.3 is 5.73 Å². The van der Waals surface area contributed by atoms with Gasteiger partial charge in [0.1, 0.15) is 0 Å². The highest BCUT2D eigenvalue weighted by molar-refractivity contribution is 7.15. The number of pyridine rings is 1. The molecule has 0 atom stereocenters. The molecule has 72 valence electrons. The summed E-state index contributed by atoms with van der Waals surface area (Å²) < 4.78 is 0. The maximum atomic E-state index is 5.46. The number of thiazole rings is 1. The smallest absolute Gasteiger partial charge is 0.0943 e. The molecule has 0 aliphatic carbocycles. The first-order valence-corrected chi connectivity index (χ1v) is 5.27. The average Bonchev–Trinajstić information content (AvgIpc) is 2.68. The van der Waals surface area contributed by atoms with E-state index < -0.39 is 0 Å². The van der Waals surface area contributed by atoms with Gasteiger partial charge in [-0.2, -0.15) is 0 Å². The molecule has 3 nitrogen and oxygen atoms in total. The Kier molecular flexibility index (Phi) is 2.86. The van der Waals surface area contributed by atoms with Gasteiger partial charge in [-0.05, 0) is 12.6 Å². The molecule has 0 aliphatic heterocycles. The summed E-state index contributed by atoms with van der Waals surface area (Å²) in [5.74, 6) is 0. The Morgan fingerprint density at radius 2 is 2.29 bits per heavy atom. The second kappa shape index (κ2) is 4.30. The maximum absolute atomic E-state index is 5.46. The van der Waals surface area contributed by atoms with Crippen molar-refractivity contribution < 1.29 is 0 Å². The minimum atomic E-state index is 0.653. The van der Waals surface area contributed by atoms with Gasteiger partial charge >= 0.3 is 0 Å². The van der Waals surface area contributed by atoms with Gasteiger partial charge in [0.15, 0.2) is 0 Å². The van der Waals surface area contributed by atoms with Crippen LogP contribution in [0.3, 0.4) is 0 Å². The Morgan fingerprint density at radius 3 is 3.00 bits per heavy atom. The SMILES string of the molecule is NCCc1ncc(-c2cccnc2)s1. The molecule has 2 aromatic heterocycles. The van der Waals surface area contributed by atoms with Crippen molar-refractivity contribution in [2.75, 3.05) is 6.54 Å². The lowest BCUT2D eigenvalue weighted by atomic mass is 10.3. The van der Waals surface area contributed by atoms with Gasteiger partial charge in [-0.1, -0.05) is 6.07 Å². The summed E-state index contributed by atoms with van der Waals surface area (Å²) in [6.45, 7) is 0.653. The Morgan fingerprint density at radius 1 is 1.36 bits per heavy atom. The van der Waals surface area contributed by atoms with E-state index in [0.29, 0.717) is 6.54 Å². The van der Waals surface area contributed by atoms with E-state index in [2.05, 4.69) is 9.97 Å². The van der Waals surface area contributed by atoms with Crippen molar-refractivity contribution in [2.24, 2.45) is 5.73 Å². The maximum Gasteiger partial charge on any atom is 0.0943 e. The standard InChI is InChI=1S/C10H11N3S/c11-4-3-10-13-7-9(14-10)8-2-1-5-12-6-8/h1-2,5-7H,3-4,11H2. The predicted octanol–water partition coefficient (Wildman–Crippen LogP) is 1.71. The minimum absolute atomic E-state index is 0.653. The molecule has 0 fully saturated rings. The first-order chi connectivity index (χ1) is 6.90. The van der Waals surface area contributed by atoms with Gasteiger partial charge in [-0.3, -0.25) is 4.98 Å². The van der Waals surface area contributed by atoms with Crippen molar-refractivity contribution in [2.45, 2.75) is 6.42 Å². The van der Waals surface area contributed by atoms with Crippen molar-refractivity contribution in [3.63, 3.8) is 0 Å². The number of nitrogens with zero attached hydrogens (tertiary/aromatic N) is 2. The van der Waals surface area contributed by atoms with Crippen LogP contribution in [-0.2, 0) is 6.42 Å². The molecule has 14 heavy (non-hydrogen) atoms. The van der Waals surface area contributed by atoms with Gasteiger partial charge in [0.05, 0.1) is 9.88 Å². The molecule has 4 heteroatoms. The van der Waals surface area contributed by atoms with Crippen molar-refractivity contribution in [1.82, 2.24) is 9.97 Å². The Hall–Kier alpha value is -1.26. The Labute approximate surface area is 86.6 Å². The largest absolute Gasteiger partial charge is 0.330 e. The van der Waals surface area contributed by atoms with Crippen LogP contribution in [0.4, 0.5) is 0 Å². The monoisotopic (exact) mass is 205 g/mol. The molecule has 0 aromatic carbocycles. The number of nitrogens with two attached hydrogens (primary N) is 1. The second-order valence-corrected chi connectivity index (χ2v) is 4.01. The highest BCUT2D eigenvalue weighted by atomic mass is 32.1. The van der Waals surface area contributed by atoms with Crippen LogP contribution in [0, 0.1) is 0 Å². The lowest BCUT2D eigenvalue weighted by Crippen LogP contribution is -2.01. The van der Waals surface area contributed by atoms with Crippen molar-refractivity contribution in [1.29, 1.82) is 0 Å². The first-order valence-electron chi connectivity index (χ1n) is 4.45. The highest BCUT2D eigenvalue weighted by Crippen LogP contribution is 2.24. The molecule has 0 spiro atoms. The zero-order valence-corrected chi connectivity index (χ0v) is 8.50. The highest BCUT2D eigenvalue weighted by Gasteiger charge is 2.02. The molecular weight excluding hydrogens is 194 g/mol. The van der Waals surface area contributed by atoms with Crippen LogP contribution in [0.1, 0.15) is 5.01 Å². The Balaban J connectivity index is 2.25. The zero-order chi connectivity index (χ0) is 9.80. The van der Waals surface area contributed by atoms with Crippen LogP contribution in [-0.4, -0.2) is 16.5 Å². The van der Waals surface area contributed by atoms with Gasteiger partial charge in [-0.25, -0.2) is 4.98 Å². The first kappa shape index (κ1) is 9.30. The topological polar surface area (TPSA) is 51.8 Å². The number of hydrogen-bond donors (Lipinski definition) is 1. The van der Waals surface area contributed by atoms with Crippen LogP contribution >= 0.6 is 11.3 Å². The summed E-state index contributed by atoms with van der Waals surface area (Å²) >= 11 is 1.68. The van der Waals surface area contributed by atoms with E-state index in [1.807, 2.05) is 24.5 Å². The number of hydrogen-bond acceptors (Lipinski definition) is 4. The summed E-state index contributed by atoms with van der Waals surface area (Å²) in [5.41, 5.74) is 6.58. The zero-order valence-electron chi connectivity index (χ0n) is 7.68. The second-order valence-electron chi connectivity index (χ2n) is 2.90. The fourth-order valence-corrected chi connectivity index (χ4v) is 2.11. The van der Waals surface area contributed by atoms with Crippen molar-refractivity contribution in [3.05, 3.63) is 35.7 Å². The van der Waals surface area contributed by atoms with E-state index in [0.717, 1.165) is 21.9 Å². The summed E-state index contributed by atoms with van der Waals surface area (Å²) in [7, 11) is 0. The molecule has 0 aliphatic rings. The van der Waals surface area contributed by atoms with Gasteiger partial charge in [0.25, 0.3) is 0 Å². The fraction of sp³-hybridized carbons (Fsp3) is 0.200. The van der Waals surface area contributed by atoms with Crippen LogP contribution in [0.25, 0.3) is 10.4 Å². The van der Waals surface area contributed by atoms with Crippen LogP contribution in [0.2, 0.25) is 0 Å². The van der Waals surface area contributed by atoms with E-state index in [9.17, 15) is 0 Å². The normalized spacial score (nSPS) is 10.4. The minimum Gasteiger partial charge on any atom is -0.330 e. The summed E-state index contributed by atoms with van der Waals surface area (Å²) in [6.07, 6.45) is 6.35. The third-order valence-electron chi connectivity index (χ3n) is 1.86. The molecule has 0 bridgehead atoms. The summed E-state index contributed by atoms with van der Waals surface area (Å²) in [5, 5.41) is 1.09. The molecule has 0 unspecified atom stereocenters. The van der Waals surface area contributed by atoms with E-state index >= 15 is 0 Å². The molecule has 0 saturated heterocycles. The van der Waals surface area contributed by atoms with E-state index in [4.69, 9.17) is 5.73 Å². The molecule has 0 radical (unpaired) electrons. The molecule has 2 N–H and O–H groups in total. The molecule has 2 rings (SSSR count). The van der Waals surface area contributed by atoms with Gasteiger partial charge in [-0.15, -0.1) is 11.3 Å². The average molecular weight is 205 g/mol. The predicted molar refractivity (Wildman–Crippen MR) is 58.1 cm³/mol. The van der Waals surface area contributed by atoms with E-state index in [1.54, 1.807) is 17.5 Å². The van der Waals surface area contributed by atoms with E-state index in [1.165, 1.54) is 0 Å². The molecule has 0 saturated carbocycles. The Bertz CT molecular complexity index is 397. The molecule has 2 aromatic rings. The third kappa shape index (κ3) is 1.97. The van der Waals surface area contributed by atoms with Crippen molar-refractivity contribution >= 4 is 11.3 Å². The van der Waals surface area contributed by atoms with Crippen LogP contribution in [0.5, 0.6) is 0 Å². The summed E-state index contributed by atoms with van der Waals surface area (Å²) in [4.78, 5) is 9.52. The van der Waals surface area contributed by atoms with Crippen molar-refractivity contribution in [3.8, 4) is 10.4 Å². The lowest BCUT2D eigenvalue weighted by Gasteiger charge is -1.92. The molecular formula is C10H11N3S. The van der Waals surface area contributed by atoms with Gasteiger partial charge in [0.2, 0.25) is 0 Å². The number of rotatable bonds is 3. The van der Waals surface area contributed by atoms with Gasteiger partial charge in [0, 0.05) is 30.6 Å². The lowest BCUT2D eigenvalue weighted by molar-refractivity contribution is 0.953. The van der Waals surface area contributed by atoms with Crippen LogP contribution in [0.15, 0.2) is 30.7 Å². The van der Waals surface area contributed by atoms with Crippen LogP contribution < -0.4 is 5.73 Å². The van der Waals surface area contributed by atoms with E-state index in [-0.39, 0.29) is 0 Å². The quantitative estimate of drug-likeness (QED) is 0.829.